The monoisotopic (exact) mass is 282 g/mol. The quantitative estimate of drug-likeness (QED) is 0.876. The molecule has 0 aliphatic heterocycles. The highest BCUT2D eigenvalue weighted by Crippen LogP contribution is 2.31. The van der Waals surface area contributed by atoms with Gasteiger partial charge in [-0.15, -0.1) is 0 Å². The fourth-order valence-electron chi connectivity index (χ4n) is 2.37. The van der Waals surface area contributed by atoms with Crippen molar-refractivity contribution in [2.24, 2.45) is 0 Å². The highest BCUT2D eigenvalue weighted by molar-refractivity contribution is 9.10. The Hall–Kier alpha value is -0.570. The molecule has 1 fully saturated rings. The Morgan fingerprint density at radius 3 is 2.62 bits per heavy atom. The van der Waals surface area contributed by atoms with Crippen LogP contribution in [0.5, 0.6) is 0 Å². The first-order valence-corrected chi connectivity index (χ1v) is 6.79. The van der Waals surface area contributed by atoms with Crippen molar-refractivity contribution in [1.82, 2.24) is 4.98 Å². The summed E-state index contributed by atoms with van der Waals surface area (Å²) in [5.41, 5.74) is 1.47. The van der Waals surface area contributed by atoms with Crippen LogP contribution in [0.2, 0.25) is 0 Å². The van der Waals surface area contributed by atoms with Crippen molar-refractivity contribution in [3.63, 3.8) is 0 Å². The fraction of sp³-hybridized carbons (Fsp3) is 0.615. The van der Waals surface area contributed by atoms with Gasteiger partial charge in [0, 0.05) is 16.2 Å². The minimum Gasteiger partial charge on any atom is -0.365 e. The van der Waals surface area contributed by atoms with Crippen LogP contribution in [0.15, 0.2) is 16.7 Å². The largest absolute Gasteiger partial charge is 0.365 e. The van der Waals surface area contributed by atoms with E-state index in [-0.39, 0.29) is 5.54 Å². The number of rotatable bonds is 2. The second-order valence-corrected chi connectivity index (χ2v) is 5.92. The van der Waals surface area contributed by atoms with Crippen LogP contribution in [0.4, 0.5) is 5.82 Å². The van der Waals surface area contributed by atoms with Crippen molar-refractivity contribution < 1.29 is 0 Å². The second-order valence-electron chi connectivity index (χ2n) is 5.07. The molecule has 16 heavy (non-hydrogen) atoms. The number of pyridine rings is 1. The summed E-state index contributed by atoms with van der Waals surface area (Å²) in [6, 6.07) is 2.12. The molecule has 0 amide bonds. The molecule has 0 spiro atoms. The van der Waals surface area contributed by atoms with E-state index in [1.807, 2.05) is 6.20 Å². The number of hydrogen-bond acceptors (Lipinski definition) is 2. The van der Waals surface area contributed by atoms with Crippen LogP contribution >= 0.6 is 15.9 Å². The van der Waals surface area contributed by atoms with Gasteiger partial charge >= 0.3 is 0 Å². The number of hydrogen-bond donors (Lipinski definition) is 1. The third-order valence-electron chi connectivity index (χ3n) is 3.43. The van der Waals surface area contributed by atoms with Crippen LogP contribution in [0.25, 0.3) is 0 Å². The first kappa shape index (κ1) is 11.9. The normalized spacial score (nSPS) is 19.4. The second kappa shape index (κ2) is 4.74. The molecule has 1 aliphatic rings. The highest BCUT2D eigenvalue weighted by Gasteiger charge is 2.26. The first-order valence-electron chi connectivity index (χ1n) is 5.99. The van der Waals surface area contributed by atoms with Gasteiger partial charge in [-0.3, -0.25) is 0 Å². The maximum absolute atomic E-state index is 4.42. The Labute approximate surface area is 106 Å². The number of nitrogens with one attached hydrogen (secondary N) is 1. The molecule has 0 saturated heterocycles. The third-order valence-corrected chi connectivity index (χ3v) is 4.26. The summed E-state index contributed by atoms with van der Waals surface area (Å²) in [6.07, 6.45) is 8.43. The Morgan fingerprint density at radius 1 is 1.31 bits per heavy atom. The molecule has 1 saturated carbocycles. The van der Waals surface area contributed by atoms with E-state index in [9.17, 15) is 0 Å². The van der Waals surface area contributed by atoms with Gasteiger partial charge in [0.05, 0.1) is 0 Å². The van der Waals surface area contributed by atoms with E-state index in [1.54, 1.807) is 0 Å². The van der Waals surface area contributed by atoms with Crippen LogP contribution in [0, 0.1) is 6.92 Å². The molecule has 1 aromatic rings. The minimum absolute atomic E-state index is 0.242. The number of nitrogens with zero attached hydrogens (tertiary/aromatic N) is 1. The zero-order valence-electron chi connectivity index (χ0n) is 10.0. The molecule has 3 heteroatoms. The van der Waals surface area contributed by atoms with E-state index < -0.39 is 0 Å². The first-order chi connectivity index (χ1) is 7.59. The molecule has 1 heterocycles. The minimum atomic E-state index is 0.242. The van der Waals surface area contributed by atoms with E-state index in [0.717, 1.165) is 10.3 Å². The van der Waals surface area contributed by atoms with E-state index >= 15 is 0 Å². The maximum Gasteiger partial charge on any atom is 0.126 e. The summed E-state index contributed by atoms with van der Waals surface area (Å²) in [4.78, 5) is 4.42. The van der Waals surface area contributed by atoms with Crippen molar-refractivity contribution in [2.45, 2.75) is 51.5 Å². The molecule has 0 aromatic carbocycles. The molecule has 88 valence electrons. The topological polar surface area (TPSA) is 24.9 Å². The van der Waals surface area contributed by atoms with Crippen molar-refractivity contribution in [3.8, 4) is 0 Å². The Morgan fingerprint density at radius 2 is 2.00 bits per heavy atom. The van der Waals surface area contributed by atoms with Crippen molar-refractivity contribution in [1.29, 1.82) is 0 Å². The highest BCUT2D eigenvalue weighted by atomic mass is 79.9. The average molecular weight is 283 g/mol. The van der Waals surface area contributed by atoms with Crippen LogP contribution in [0.1, 0.15) is 44.6 Å². The van der Waals surface area contributed by atoms with E-state index in [2.05, 4.69) is 46.1 Å². The SMILES string of the molecule is Cc1cc(NC2(C)CCCCC2)ncc1Br. The molecule has 2 nitrogen and oxygen atoms in total. The lowest BCUT2D eigenvalue weighted by Crippen LogP contribution is -2.37. The Kier molecular flexibility index (Phi) is 3.53. The van der Waals surface area contributed by atoms with E-state index in [0.29, 0.717) is 0 Å². The molecule has 0 atom stereocenters. The maximum atomic E-state index is 4.42. The smallest absolute Gasteiger partial charge is 0.126 e. The number of aromatic nitrogens is 1. The van der Waals surface area contributed by atoms with Crippen LogP contribution in [-0.2, 0) is 0 Å². The lowest BCUT2D eigenvalue weighted by Gasteiger charge is -2.35. The van der Waals surface area contributed by atoms with Gasteiger partial charge in [-0.1, -0.05) is 19.3 Å². The third kappa shape index (κ3) is 2.76. The van der Waals surface area contributed by atoms with Crippen molar-refractivity contribution in [3.05, 3.63) is 22.3 Å². The summed E-state index contributed by atoms with van der Waals surface area (Å²) < 4.78 is 1.08. The van der Waals surface area contributed by atoms with Gasteiger partial charge in [0.15, 0.2) is 0 Å². The van der Waals surface area contributed by atoms with Gasteiger partial charge in [0.2, 0.25) is 0 Å². The summed E-state index contributed by atoms with van der Waals surface area (Å²) in [5, 5.41) is 3.59. The van der Waals surface area contributed by atoms with Gasteiger partial charge in [0.1, 0.15) is 5.82 Å². The van der Waals surface area contributed by atoms with E-state index in [1.165, 1.54) is 37.7 Å². The van der Waals surface area contributed by atoms with E-state index in [4.69, 9.17) is 0 Å². The predicted molar refractivity (Wildman–Crippen MR) is 71.8 cm³/mol. The molecular formula is C13H19BrN2. The molecule has 1 N–H and O–H groups in total. The molecule has 1 aliphatic carbocycles. The molecular weight excluding hydrogens is 264 g/mol. The summed E-state index contributed by atoms with van der Waals surface area (Å²) >= 11 is 3.48. The lowest BCUT2D eigenvalue weighted by atomic mass is 9.83. The van der Waals surface area contributed by atoms with Gasteiger partial charge in [0.25, 0.3) is 0 Å². The van der Waals surface area contributed by atoms with Gasteiger partial charge < -0.3 is 5.32 Å². The number of anilines is 1. The zero-order chi connectivity index (χ0) is 11.6. The fourth-order valence-corrected chi connectivity index (χ4v) is 2.59. The molecule has 0 bridgehead atoms. The van der Waals surface area contributed by atoms with Crippen LogP contribution < -0.4 is 5.32 Å². The number of halogens is 1. The zero-order valence-corrected chi connectivity index (χ0v) is 11.6. The standard InChI is InChI=1S/C13H19BrN2/c1-10-8-12(15-9-11(10)14)16-13(2)6-4-3-5-7-13/h8-9H,3-7H2,1-2H3,(H,15,16). The van der Waals surface area contributed by atoms with Crippen molar-refractivity contribution in [2.75, 3.05) is 5.32 Å². The van der Waals surface area contributed by atoms with Crippen LogP contribution in [0.3, 0.4) is 0 Å². The summed E-state index contributed by atoms with van der Waals surface area (Å²) in [6.45, 7) is 4.41. The summed E-state index contributed by atoms with van der Waals surface area (Å²) in [7, 11) is 0. The van der Waals surface area contributed by atoms with Crippen LogP contribution in [-0.4, -0.2) is 10.5 Å². The molecule has 0 radical (unpaired) electrons. The summed E-state index contributed by atoms with van der Waals surface area (Å²) in [5.74, 6) is 1.00. The lowest BCUT2D eigenvalue weighted by molar-refractivity contribution is 0.348. The molecule has 2 rings (SSSR count). The van der Waals surface area contributed by atoms with Gasteiger partial charge in [-0.05, 0) is 54.2 Å². The molecule has 0 unspecified atom stereocenters. The van der Waals surface area contributed by atoms with Gasteiger partial charge in [-0.25, -0.2) is 4.98 Å². The predicted octanol–water partition coefficient (Wildman–Crippen LogP) is 4.29. The van der Waals surface area contributed by atoms with Gasteiger partial charge in [-0.2, -0.15) is 0 Å². The number of aryl methyl sites for hydroxylation is 1. The Balaban J connectivity index is 2.10. The molecule has 1 aromatic heterocycles. The Bertz CT molecular complexity index is 370. The van der Waals surface area contributed by atoms with Crippen molar-refractivity contribution >= 4 is 21.7 Å². The average Bonchev–Trinajstić information content (AvgIpc) is 2.24.